The van der Waals surface area contributed by atoms with E-state index in [1.165, 1.54) is 11.3 Å². The topological polar surface area (TPSA) is 101 Å². The Morgan fingerprint density at radius 1 is 1.50 bits per heavy atom. The highest BCUT2D eigenvalue weighted by atomic mass is 32.1. The Hall–Kier alpha value is -2.06. The number of nitrogens with two attached hydrogens (primary N) is 1. The fourth-order valence-electron chi connectivity index (χ4n) is 2.14. The van der Waals surface area contributed by atoms with Crippen LogP contribution in [0, 0.1) is 0 Å². The molecule has 0 aromatic carbocycles. The van der Waals surface area contributed by atoms with Crippen LogP contribution in [-0.4, -0.2) is 39.3 Å². The Balaban J connectivity index is 1.88. The third kappa shape index (κ3) is 2.23. The maximum absolute atomic E-state index is 11.6. The lowest BCUT2D eigenvalue weighted by Crippen LogP contribution is -2.56. The van der Waals surface area contributed by atoms with Crippen LogP contribution in [0.3, 0.4) is 0 Å². The molecule has 0 saturated carbocycles. The number of imide groups is 1. The summed E-state index contributed by atoms with van der Waals surface area (Å²) in [5.74, 6) is 0.336. The summed E-state index contributed by atoms with van der Waals surface area (Å²) in [6.45, 7) is 2.21. The lowest BCUT2D eigenvalue weighted by Gasteiger charge is -2.30. The molecule has 8 heteroatoms. The number of aromatic nitrogens is 2. The van der Waals surface area contributed by atoms with Crippen LogP contribution >= 0.6 is 11.3 Å². The Labute approximate surface area is 118 Å². The molecule has 1 aliphatic rings. The van der Waals surface area contributed by atoms with Crippen molar-refractivity contribution in [1.82, 2.24) is 20.2 Å². The van der Waals surface area contributed by atoms with Crippen LogP contribution < -0.4 is 11.1 Å². The van der Waals surface area contributed by atoms with Gasteiger partial charge in [-0.25, -0.2) is 9.97 Å². The van der Waals surface area contributed by atoms with E-state index < -0.39 is 6.04 Å². The molecular weight excluding hydrogens is 278 g/mol. The fourth-order valence-corrected chi connectivity index (χ4v) is 2.93. The Morgan fingerprint density at radius 3 is 3.10 bits per heavy atom. The average Bonchev–Trinajstić information content (AvgIpc) is 2.84. The van der Waals surface area contributed by atoms with Crippen LogP contribution in [0.25, 0.3) is 10.2 Å². The number of nitrogens with one attached hydrogen (secondary N) is 1. The molecule has 2 amide bonds. The summed E-state index contributed by atoms with van der Waals surface area (Å²) in [4.78, 5) is 34.2. The number of piperazine rings is 1. The first-order valence-corrected chi connectivity index (χ1v) is 7.00. The van der Waals surface area contributed by atoms with Crippen molar-refractivity contribution in [3.05, 3.63) is 17.3 Å². The minimum atomic E-state index is -0.392. The average molecular weight is 291 g/mol. The molecule has 1 unspecified atom stereocenters. The zero-order valence-electron chi connectivity index (χ0n) is 10.8. The molecular formula is C12H13N5O2S. The summed E-state index contributed by atoms with van der Waals surface area (Å²) >= 11 is 1.48. The zero-order valence-corrected chi connectivity index (χ0v) is 11.6. The largest absolute Gasteiger partial charge is 0.383 e. The van der Waals surface area contributed by atoms with Gasteiger partial charge in [-0.15, -0.1) is 11.3 Å². The van der Waals surface area contributed by atoms with E-state index in [1.807, 2.05) is 11.4 Å². The predicted octanol–water partition coefficient (Wildman–Crippen LogP) is 0.120. The second kappa shape index (κ2) is 4.80. The Bertz CT molecular complexity index is 698. The van der Waals surface area contributed by atoms with E-state index in [4.69, 9.17) is 5.73 Å². The second-order valence-electron chi connectivity index (χ2n) is 4.66. The van der Waals surface area contributed by atoms with Crippen molar-refractivity contribution in [2.24, 2.45) is 0 Å². The fraction of sp³-hybridized carbons (Fsp3) is 0.333. The van der Waals surface area contributed by atoms with E-state index in [9.17, 15) is 9.59 Å². The van der Waals surface area contributed by atoms with Crippen molar-refractivity contribution in [3.63, 3.8) is 0 Å². The van der Waals surface area contributed by atoms with Crippen LogP contribution in [0.1, 0.15) is 12.7 Å². The molecule has 20 heavy (non-hydrogen) atoms. The van der Waals surface area contributed by atoms with Crippen molar-refractivity contribution in [3.8, 4) is 0 Å². The highest BCUT2D eigenvalue weighted by Gasteiger charge is 2.30. The zero-order chi connectivity index (χ0) is 14.3. The van der Waals surface area contributed by atoms with Crippen LogP contribution in [0.4, 0.5) is 5.82 Å². The molecule has 1 fully saturated rings. The SMILES string of the molecule is CC1C(=O)NC(=O)CN1Cc1nc(N)c2ccsc2n1. The standard InChI is InChI=1S/C12H13N5O2S/c1-6-11(19)16-9(18)5-17(6)4-8-14-10(13)7-2-3-20-12(7)15-8/h2-3,6H,4-5H2,1H3,(H2,13,14,15)(H,16,18,19). The number of carbonyl (C=O) groups excluding carboxylic acids is 2. The van der Waals surface area contributed by atoms with Crippen LogP contribution in [0.5, 0.6) is 0 Å². The maximum Gasteiger partial charge on any atom is 0.243 e. The van der Waals surface area contributed by atoms with Gasteiger partial charge in [0.15, 0.2) is 0 Å². The van der Waals surface area contributed by atoms with Gasteiger partial charge in [-0.05, 0) is 18.4 Å². The molecule has 0 radical (unpaired) electrons. The molecule has 0 bridgehead atoms. The first-order chi connectivity index (χ1) is 9.54. The third-order valence-corrected chi connectivity index (χ3v) is 4.09. The van der Waals surface area contributed by atoms with Crippen molar-refractivity contribution in [2.45, 2.75) is 19.5 Å². The van der Waals surface area contributed by atoms with Crippen LogP contribution in [0.2, 0.25) is 0 Å². The summed E-state index contributed by atoms with van der Waals surface area (Å²) in [6.07, 6.45) is 0. The molecule has 0 aliphatic carbocycles. The molecule has 2 aromatic heterocycles. The summed E-state index contributed by atoms with van der Waals surface area (Å²) in [7, 11) is 0. The van der Waals surface area contributed by atoms with Crippen molar-refractivity contribution >= 4 is 39.2 Å². The number of fused-ring (bicyclic) bond motifs is 1. The van der Waals surface area contributed by atoms with Gasteiger partial charge in [0.2, 0.25) is 11.8 Å². The molecule has 1 aliphatic heterocycles. The molecule has 3 heterocycles. The number of carbonyl (C=O) groups is 2. The molecule has 3 N–H and O–H groups in total. The number of nitrogens with zero attached hydrogens (tertiary/aromatic N) is 3. The first-order valence-electron chi connectivity index (χ1n) is 6.12. The monoisotopic (exact) mass is 291 g/mol. The quantitative estimate of drug-likeness (QED) is 0.762. The third-order valence-electron chi connectivity index (χ3n) is 3.28. The number of hydrogen-bond donors (Lipinski definition) is 2. The number of rotatable bonds is 2. The summed E-state index contributed by atoms with van der Waals surface area (Å²) in [6, 6.07) is 1.48. The number of hydrogen-bond acceptors (Lipinski definition) is 7. The molecule has 104 valence electrons. The molecule has 3 rings (SSSR count). The van der Waals surface area contributed by atoms with Gasteiger partial charge in [0, 0.05) is 0 Å². The van der Waals surface area contributed by atoms with Gasteiger partial charge in [-0.1, -0.05) is 0 Å². The van der Waals surface area contributed by atoms with Gasteiger partial charge in [-0.2, -0.15) is 0 Å². The molecule has 2 aromatic rings. The summed E-state index contributed by atoms with van der Waals surface area (Å²) in [5, 5.41) is 5.03. The summed E-state index contributed by atoms with van der Waals surface area (Å²) < 4.78 is 0. The first kappa shape index (κ1) is 12.9. The van der Waals surface area contributed by atoms with E-state index in [-0.39, 0.29) is 18.4 Å². The normalized spacial score (nSPS) is 20.4. The van der Waals surface area contributed by atoms with Gasteiger partial charge in [0.05, 0.1) is 24.5 Å². The van der Waals surface area contributed by atoms with Gasteiger partial charge in [-0.3, -0.25) is 19.8 Å². The minimum absolute atomic E-state index is 0.151. The van der Waals surface area contributed by atoms with E-state index >= 15 is 0 Å². The summed E-state index contributed by atoms with van der Waals surface area (Å²) in [5.41, 5.74) is 5.89. The number of anilines is 1. The lowest BCUT2D eigenvalue weighted by molar-refractivity contribution is -0.139. The highest BCUT2D eigenvalue weighted by molar-refractivity contribution is 7.16. The Morgan fingerprint density at radius 2 is 2.30 bits per heavy atom. The van der Waals surface area contributed by atoms with E-state index in [2.05, 4.69) is 15.3 Å². The smallest absolute Gasteiger partial charge is 0.243 e. The van der Waals surface area contributed by atoms with Crippen molar-refractivity contribution < 1.29 is 9.59 Å². The van der Waals surface area contributed by atoms with Crippen molar-refractivity contribution in [1.29, 1.82) is 0 Å². The van der Waals surface area contributed by atoms with Gasteiger partial charge in [0.25, 0.3) is 0 Å². The van der Waals surface area contributed by atoms with Crippen molar-refractivity contribution in [2.75, 3.05) is 12.3 Å². The molecule has 1 saturated heterocycles. The second-order valence-corrected chi connectivity index (χ2v) is 5.55. The predicted molar refractivity (Wildman–Crippen MR) is 74.8 cm³/mol. The molecule has 7 nitrogen and oxygen atoms in total. The van der Waals surface area contributed by atoms with Gasteiger partial charge < -0.3 is 5.73 Å². The molecule has 0 spiro atoms. The highest BCUT2D eigenvalue weighted by Crippen LogP contribution is 2.23. The van der Waals surface area contributed by atoms with E-state index in [0.29, 0.717) is 18.2 Å². The molecule has 1 atom stereocenters. The lowest BCUT2D eigenvalue weighted by atomic mass is 10.2. The number of thiophene rings is 1. The maximum atomic E-state index is 11.6. The van der Waals surface area contributed by atoms with Crippen LogP contribution in [0.15, 0.2) is 11.4 Å². The van der Waals surface area contributed by atoms with Gasteiger partial charge in [0.1, 0.15) is 16.5 Å². The Kier molecular flexibility index (Phi) is 3.11. The van der Waals surface area contributed by atoms with E-state index in [1.54, 1.807) is 11.8 Å². The number of nitrogen functional groups attached to an aromatic ring is 1. The minimum Gasteiger partial charge on any atom is -0.383 e. The number of amides is 2. The van der Waals surface area contributed by atoms with Gasteiger partial charge >= 0.3 is 0 Å². The van der Waals surface area contributed by atoms with E-state index in [0.717, 1.165) is 10.2 Å². The van der Waals surface area contributed by atoms with Crippen LogP contribution in [-0.2, 0) is 16.1 Å².